The molecule has 1 unspecified atom stereocenters. The third-order valence-corrected chi connectivity index (χ3v) is 2.57. The maximum absolute atomic E-state index is 13.1. The minimum Gasteiger partial charge on any atom is -0.489 e. The van der Waals surface area contributed by atoms with Gasteiger partial charge in [-0.25, -0.2) is 4.39 Å². The number of hydrogen-bond acceptors (Lipinski definition) is 2. The SMILES string of the molecule is NC(COc1cccc(F)c1F)C1CC1. The molecule has 1 aromatic carbocycles. The molecule has 82 valence electrons. The zero-order valence-corrected chi connectivity index (χ0v) is 8.25. The van der Waals surface area contributed by atoms with E-state index in [1.165, 1.54) is 12.1 Å². The van der Waals surface area contributed by atoms with Gasteiger partial charge in [0.2, 0.25) is 5.82 Å². The topological polar surface area (TPSA) is 35.2 Å². The Kier molecular flexibility index (Phi) is 2.86. The van der Waals surface area contributed by atoms with E-state index in [1.54, 1.807) is 0 Å². The van der Waals surface area contributed by atoms with Gasteiger partial charge in [-0.1, -0.05) is 6.07 Å². The monoisotopic (exact) mass is 213 g/mol. The van der Waals surface area contributed by atoms with Gasteiger partial charge in [0, 0.05) is 6.04 Å². The molecule has 2 nitrogen and oxygen atoms in total. The Morgan fingerprint density at radius 3 is 2.80 bits per heavy atom. The predicted octanol–water partition coefficient (Wildman–Crippen LogP) is 2.08. The summed E-state index contributed by atoms with van der Waals surface area (Å²) in [6.45, 7) is 0.241. The van der Waals surface area contributed by atoms with Crippen LogP contribution in [0.15, 0.2) is 18.2 Å². The second-order valence-corrected chi connectivity index (χ2v) is 3.86. The van der Waals surface area contributed by atoms with Crippen molar-refractivity contribution < 1.29 is 13.5 Å². The van der Waals surface area contributed by atoms with Gasteiger partial charge in [-0.3, -0.25) is 0 Å². The maximum atomic E-state index is 13.1. The molecule has 0 heterocycles. The largest absolute Gasteiger partial charge is 0.489 e. The fourth-order valence-electron chi connectivity index (χ4n) is 1.44. The van der Waals surface area contributed by atoms with Crippen LogP contribution in [0.5, 0.6) is 5.75 Å². The van der Waals surface area contributed by atoms with Crippen molar-refractivity contribution in [2.24, 2.45) is 11.7 Å². The van der Waals surface area contributed by atoms with Gasteiger partial charge in [0.1, 0.15) is 6.61 Å². The summed E-state index contributed by atoms with van der Waals surface area (Å²) in [4.78, 5) is 0. The highest BCUT2D eigenvalue weighted by atomic mass is 19.2. The molecule has 2 rings (SSSR count). The predicted molar refractivity (Wildman–Crippen MR) is 52.6 cm³/mol. The highest BCUT2D eigenvalue weighted by molar-refractivity contribution is 5.25. The molecule has 1 aliphatic rings. The number of hydrogen-bond donors (Lipinski definition) is 1. The summed E-state index contributed by atoms with van der Waals surface area (Å²) in [5.41, 5.74) is 5.77. The summed E-state index contributed by atoms with van der Waals surface area (Å²) >= 11 is 0. The van der Waals surface area contributed by atoms with Crippen LogP contribution in [0.1, 0.15) is 12.8 Å². The van der Waals surface area contributed by atoms with Crippen LogP contribution in [0.3, 0.4) is 0 Å². The van der Waals surface area contributed by atoms with Crippen LogP contribution < -0.4 is 10.5 Å². The molecular weight excluding hydrogens is 200 g/mol. The molecule has 1 atom stereocenters. The number of halogens is 2. The van der Waals surface area contributed by atoms with Gasteiger partial charge in [-0.05, 0) is 30.9 Å². The van der Waals surface area contributed by atoms with Crippen molar-refractivity contribution in [3.8, 4) is 5.75 Å². The molecule has 2 N–H and O–H groups in total. The van der Waals surface area contributed by atoms with E-state index in [0.717, 1.165) is 18.9 Å². The number of ether oxygens (including phenoxy) is 1. The Hall–Kier alpha value is -1.16. The van der Waals surface area contributed by atoms with Gasteiger partial charge in [-0.2, -0.15) is 4.39 Å². The lowest BCUT2D eigenvalue weighted by Gasteiger charge is -2.12. The van der Waals surface area contributed by atoms with E-state index >= 15 is 0 Å². The minimum atomic E-state index is -0.944. The van der Waals surface area contributed by atoms with Crippen molar-refractivity contribution in [1.82, 2.24) is 0 Å². The first-order chi connectivity index (χ1) is 7.18. The summed E-state index contributed by atoms with van der Waals surface area (Å²) in [7, 11) is 0. The molecule has 0 spiro atoms. The van der Waals surface area contributed by atoms with E-state index in [0.29, 0.717) is 5.92 Å². The summed E-state index contributed by atoms with van der Waals surface area (Å²) in [5.74, 6) is -1.42. The molecule has 15 heavy (non-hydrogen) atoms. The number of rotatable bonds is 4. The Morgan fingerprint density at radius 2 is 2.13 bits per heavy atom. The molecule has 1 aromatic rings. The van der Waals surface area contributed by atoms with Crippen LogP contribution in [0.2, 0.25) is 0 Å². The third kappa shape index (κ3) is 2.45. The molecule has 0 aromatic heterocycles. The van der Waals surface area contributed by atoms with E-state index in [4.69, 9.17) is 10.5 Å². The first-order valence-corrected chi connectivity index (χ1v) is 5.01. The Morgan fingerprint density at radius 1 is 1.40 bits per heavy atom. The summed E-state index contributed by atoms with van der Waals surface area (Å²) < 4.78 is 31.1. The Bertz CT molecular complexity index is 352. The quantitative estimate of drug-likeness (QED) is 0.831. The highest BCUT2D eigenvalue weighted by Crippen LogP contribution is 2.32. The Balaban J connectivity index is 1.95. The molecule has 1 saturated carbocycles. The third-order valence-electron chi connectivity index (χ3n) is 2.57. The van der Waals surface area contributed by atoms with Crippen molar-refractivity contribution in [3.05, 3.63) is 29.8 Å². The van der Waals surface area contributed by atoms with Crippen LogP contribution in [-0.2, 0) is 0 Å². The lowest BCUT2D eigenvalue weighted by molar-refractivity contribution is 0.260. The van der Waals surface area contributed by atoms with Gasteiger partial charge < -0.3 is 10.5 Å². The molecule has 0 bridgehead atoms. The zero-order chi connectivity index (χ0) is 10.8. The van der Waals surface area contributed by atoms with Crippen LogP contribution >= 0.6 is 0 Å². The minimum absolute atomic E-state index is 0.0638. The van der Waals surface area contributed by atoms with E-state index in [2.05, 4.69) is 0 Å². The molecule has 1 aliphatic carbocycles. The molecule has 0 radical (unpaired) electrons. The van der Waals surface area contributed by atoms with E-state index < -0.39 is 11.6 Å². The summed E-state index contributed by atoms with van der Waals surface area (Å²) in [6.07, 6.45) is 2.21. The first kappa shape index (κ1) is 10.4. The zero-order valence-electron chi connectivity index (χ0n) is 8.25. The van der Waals surface area contributed by atoms with Crippen molar-refractivity contribution in [2.75, 3.05) is 6.61 Å². The highest BCUT2D eigenvalue weighted by Gasteiger charge is 2.29. The van der Waals surface area contributed by atoms with Gasteiger partial charge in [0.25, 0.3) is 0 Å². The van der Waals surface area contributed by atoms with E-state index in [-0.39, 0.29) is 18.4 Å². The van der Waals surface area contributed by atoms with Gasteiger partial charge >= 0.3 is 0 Å². The average molecular weight is 213 g/mol. The van der Waals surface area contributed by atoms with Crippen LogP contribution in [0.4, 0.5) is 8.78 Å². The second-order valence-electron chi connectivity index (χ2n) is 3.86. The maximum Gasteiger partial charge on any atom is 0.200 e. The van der Waals surface area contributed by atoms with Crippen molar-refractivity contribution in [1.29, 1.82) is 0 Å². The van der Waals surface area contributed by atoms with Crippen molar-refractivity contribution in [2.45, 2.75) is 18.9 Å². The first-order valence-electron chi connectivity index (χ1n) is 5.01. The van der Waals surface area contributed by atoms with Gasteiger partial charge in [-0.15, -0.1) is 0 Å². The Labute approximate surface area is 87.0 Å². The number of benzene rings is 1. The smallest absolute Gasteiger partial charge is 0.200 e. The standard InChI is InChI=1S/C11H13F2NO/c12-8-2-1-3-10(11(8)13)15-6-9(14)7-4-5-7/h1-3,7,9H,4-6,14H2. The molecule has 0 amide bonds. The molecular formula is C11H13F2NO. The van der Waals surface area contributed by atoms with Crippen LogP contribution in [0.25, 0.3) is 0 Å². The fraction of sp³-hybridized carbons (Fsp3) is 0.455. The molecule has 0 saturated heterocycles. The second kappa shape index (κ2) is 4.14. The van der Waals surface area contributed by atoms with Crippen LogP contribution in [-0.4, -0.2) is 12.6 Å². The van der Waals surface area contributed by atoms with Crippen LogP contribution in [0, 0.1) is 17.6 Å². The number of nitrogens with two attached hydrogens (primary N) is 1. The van der Waals surface area contributed by atoms with Gasteiger partial charge in [0.05, 0.1) is 0 Å². The van der Waals surface area contributed by atoms with Crippen molar-refractivity contribution >= 4 is 0 Å². The molecule has 4 heteroatoms. The normalized spacial score (nSPS) is 17.5. The summed E-state index contributed by atoms with van der Waals surface area (Å²) in [6, 6.07) is 3.80. The van der Waals surface area contributed by atoms with E-state index in [9.17, 15) is 8.78 Å². The fourth-order valence-corrected chi connectivity index (χ4v) is 1.44. The average Bonchev–Trinajstić information content (AvgIpc) is 3.03. The summed E-state index contributed by atoms with van der Waals surface area (Å²) in [5, 5.41) is 0. The lowest BCUT2D eigenvalue weighted by atomic mass is 10.2. The molecule has 0 aliphatic heterocycles. The van der Waals surface area contributed by atoms with Crippen molar-refractivity contribution in [3.63, 3.8) is 0 Å². The van der Waals surface area contributed by atoms with Gasteiger partial charge in [0.15, 0.2) is 11.6 Å². The molecule has 1 fully saturated rings. The lowest BCUT2D eigenvalue weighted by Crippen LogP contribution is -2.30. The van der Waals surface area contributed by atoms with E-state index in [1.807, 2.05) is 0 Å².